The fraction of sp³-hybridized carbons (Fsp3) is 0.300. The molecule has 2 aromatic heterocycles. The Kier molecular flexibility index (Phi) is 2.47. The fourth-order valence-corrected chi connectivity index (χ4v) is 1.43. The number of nitrogens with zero attached hydrogens (tertiary/aromatic N) is 4. The van der Waals surface area contributed by atoms with E-state index in [1.54, 1.807) is 12.5 Å². The second-order valence-electron chi connectivity index (χ2n) is 3.42. The highest BCUT2D eigenvalue weighted by Crippen LogP contribution is 2.14. The molecule has 5 nitrogen and oxygen atoms in total. The second-order valence-corrected chi connectivity index (χ2v) is 3.42. The highest BCUT2D eigenvalue weighted by molar-refractivity contribution is 5.48. The molecular formula is C10H13N5. The summed E-state index contributed by atoms with van der Waals surface area (Å²) in [6.07, 6.45) is 3.47. The van der Waals surface area contributed by atoms with Crippen LogP contribution in [-0.2, 0) is 13.6 Å². The minimum absolute atomic E-state index is 0.425. The molecule has 15 heavy (non-hydrogen) atoms. The van der Waals surface area contributed by atoms with Crippen LogP contribution in [0.4, 0.5) is 0 Å². The molecule has 0 radical (unpaired) electrons. The molecule has 0 aliphatic heterocycles. The Labute approximate surface area is 88.0 Å². The van der Waals surface area contributed by atoms with Crippen molar-refractivity contribution in [3.63, 3.8) is 0 Å². The summed E-state index contributed by atoms with van der Waals surface area (Å²) in [5, 5.41) is 0. The maximum atomic E-state index is 5.57. The summed E-state index contributed by atoms with van der Waals surface area (Å²) in [7, 11) is 1.91. The van der Waals surface area contributed by atoms with E-state index in [1.165, 1.54) is 0 Å². The van der Waals surface area contributed by atoms with Gasteiger partial charge in [-0.1, -0.05) is 0 Å². The lowest BCUT2D eigenvalue weighted by Crippen LogP contribution is -2.04. The summed E-state index contributed by atoms with van der Waals surface area (Å²) in [5.74, 6) is 0.676. The lowest BCUT2D eigenvalue weighted by Gasteiger charge is -2.04. The summed E-state index contributed by atoms with van der Waals surface area (Å²) in [6.45, 7) is 2.36. The van der Waals surface area contributed by atoms with E-state index in [0.29, 0.717) is 12.4 Å². The first kappa shape index (κ1) is 9.79. The number of hydrogen-bond donors (Lipinski definition) is 1. The van der Waals surface area contributed by atoms with Crippen LogP contribution in [0.15, 0.2) is 18.6 Å². The first-order valence-corrected chi connectivity index (χ1v) is 4.72. The van der Waals surface area contributed by atoms with Gasteiger partial charge in [0.15, 0.2) is 5.82 Å². The summed E-state index contributed by atoms with van der Waals surface area (Å²) in [4.78, 5) is 12.8. The monoisotopic (exact) mass is 203 g/mol. The summed E-state index contributed by atoms with van der Waals surface area (Å²) >= 11 is 0. The van der Waals surface area contributed by atoms with Gasteiger partial charge >= 0.3 is 0 Å². The van der Waals surface area contributed by atoms with Crippen LogP contribution in [0.5, 0.6) is 0 Å². The van der Waals surface area contributed by atoms with Crippen LogP contribution >= 0.6 is 0 Å². The van der Waals surface area contributed by atoms with Crippen molar-refractivity contribution < 1.29 is 0 Å². The van der Waals surface area contributed by atoms with Gasteiger partial charge in [0.05, 0.1) is 18.2 Å². The van der Waals surface area contributed by atoms with Crippen LogP contribution in [0.3, 0.4) is 0 Å². The van der Waals surface area contributed by atoms with Crippen molar-refractivity contribution in [3.8, 4) is 11.5 Å². The molecular weight excluding hydrogens is 190 g/mol. The third-order valence-corrected chi connectivity index (χ3v) is 2.16. The van der Waals surface area contributed by atoms with Crippen LogP contribution in [-0.4, -0.2) is 19.5 Å². The zero-order valence-corrected chi connectivity index (χ0v) is 8.81. The van der Waals surface area contributed by atoms with E-state index in [4.69, 9.17) is 5.73 Å². The van der Waals surface area contributed by atoms with E-state index < -0.39 is 0 Å². The standard InChI is InChI=1S/C10H13N5/c1-7-3-8(4-11)14-10(13-7)9-5-12-6-15(9)2/h3,5-6H,4,11H2,1-2H3. The molecule has 0 bridgehead atoms. The molecule has 0 aliphatic rings. The predicted molar refractivity (Wildman–Crippen MR) is 56.9 cm³/mol. The SMILES string of the molecule is Cc1cc(CN)nc(-c2cncn2C)n1. The molecule has 0 unspecified atom stereocenters. The molecule has 78 valence electrons. The molecule has 0 spiro atoms. The highest BCUT2D eigenvalue weighted by atomic mass is 15.1. The molecule has 0 fully saturated rings. The molecule has 0 amide bonds. The minimum Gasteiger partial charge on any atom is -0.331 e. The Morgan fingerprint density at radius 2 is 2.20 bits per heavy atom. The number of aryl methyl sites for hydroxylation is 2. The van der Waals surface area contributed by atoms with Gasteiger partial charge in [-0.3, -0.25) is 0 Å². The normalized spacial score (nSPS) is 10.6. The van der Waals surface area contributed by atoms with Gasteiger partial charge in [0.1, 0.15) is 5.69 Å². The zero-order valence-electron chi connectivity index (χ0n) is 8.81. The van der Waals surface area contributed by atoms with Gasteiger partial charge in [-0.2, -0.15) is 0 Å². The van der Waals surface area contributed by atoms with Crippen LogP contribution in [0.2, 0.25) is 0 Å². The van der Waals surface area contributed by atoms with E-state index >= 15 is 0 Å². The zero-order chi connectivity index (χ0) is 10.8. The van der Waals surface area contributed by atoms with E-state index in [1.807, 2.05) is 24.6 Å². The molecule has 0 saturated heterocycles. The number of hydrogen-bond acceptors (Lipinski definition) is 4. The van der Waals surface area contributed by atoms with E-state index in [2.05, 4.69) is 15.0 Å². The van der Waals surface area contributed by atoms with E-state index in [-0.39, 0.29) is 0 Å². The van der Waals surface area contributed by atoms with Crippen molar-refractivity contribution >= 4 is 0 Å². The second kappa shape index (κ2) is 3.78. The first-order valence-electron chi connectivity index (χ1n) is 4.72. The van der Waals surface area contributed by atoms with E-state index in [0.717, 1.165) is 17.1 Å². The summed E-state index contributed by atoms with van der Waals surface area (Å²) in [5.41, 5.74) is 8.23. The van der Waals surface area contributed by atoms with Crippen LogP contribution < -0.4 is 5.73 Å². The Morgan fingerprint density at radius 1 is 1.40 bits per heavy atom. The van der Waals surface area contributed by atoms with Crippen molar-refractivity contribution in [2.24, 2.45) is 12.8 Å². The average molecular weight is 203 g/mol. The molecule has 5 heteroatoms. The molecule has 0 atom stereocenters. The predicted octanol–water partition coefficient (Wildman–Crippen LogP) is 0.644. The summed E-state index contributed by atoms with van der Waals surface area (Å²) < 4.78 is 1.88. The van der Waals surface area contributed by atoms with Crippen LogP contribution in [0, 0.1) is 6.92 Å². The Hall–Kier alpha value is -1.75. The average Bonchev–Trinajstić information content (AvgIpc) is 2.63. The maximum absolute atomic E-state index is 5.57. The smallest absolute Gasteiger partial charge is 0.178 e. The van der Waals surface area contributed by atoms with Crippen molar-refractivity contribution in [3.05, 3.63) is 30.0 Å². The minimum atomic E-state index is 0.425. The maximum Gasteiger partial charge on any atom is 0.178 e. The molecule has 2 rings (SSSR count). The summed E-state index contributed by atoms with van der Waals surface area (Å²) in [6, 6.07) is 1.89. The van der Waals surface area contributed by atoms with Gasteiger partial charge in [0.25, 0.3) is 0 Å². The molecule has 0 aliphatic carbocycles. The quantitative estimate of drug-likeness (QED) is 0.777. The lowest BCUT2D eigenvalue weighted by molar-refractivity contribution is 0.890. The van der Waals surface area contributed by atoms with E-state index in [9.17, 15) is 0 Å². The number of nitrogens with two attached hydrogens (primary N) is 1. The molecule has 2 N–H and O–H groups in total. The first-order chi connectivity index (χ1) is 7.20. The van der Waals surface area contributed by atoms with Crippen LogP contribution in [0.1, 0.15) is 11.4 Å². The molecule has 0 saturated carbocycles. The Bertz CT molecular complexity index is 474. The van der Waals surface area contributed by atoms with Gasteiger partial charge < -0.3 is 10.3 Å². The fourth-order valence-electron chi connectivity index (χ4n) is 1.43. The van der Waals surface area contributed by atoms with Gasteiger partial charge in [0, 0.05) is 19.3 Å². The molecule has 2 aromatic rings. The topological polar surface area (TPSA) is 69.6 Å². The van der Waals surface area contributed by atoms with Crippen LogP contribution in [0.25, 0.3) is 11.5 Å². The van der Waals surface area contributed by atoms with Gasteiger partial charge in [0.2, 0.25) is 0 Å². The number of imidazole rings is 1. The number of rotatable bonds is 2. The lowest BCUT2D eigenvalue weighted by atomic mass is 10.3. The number of aromatic nitrogens is 4. The Morgan fingerprint density at radius 3 is 2.80 bits per heavy atom. The van der Waals surface area contributed by atoms with Gasteiger partial charge in [-0.15, -0.1) is 0 Å². The third-order valence-electron chi connectivity index (χ3n) is 2.16. The largest absolute Gasteiger partial charge is 0.331 e. The third kappa shape index (κ3) is 1.87. The molecule has 2 heterocycles. The molecule has 0 aromatic carbocycles. The Balaban J connectivity index is 2.53. The van der Waals surface area contributed by atoms with Crippen molar-refractivity contribution in [2.75, 3.05) is 0 Å². The van der Waals surface area contributed by atoms with Crippen molar-refractivity contribution in [1.82, 2.24) is 19.5 Å². The van der Waals surface area contributed by atoms with Gasteiger partial charge in [-0.05, 0) is 13.0 Å². The van der Waals surface area contributed by atoms with Crippen molar-refractivity contribution in [2.45, 2.75) is 13.5 Å². The van der Waals surface area contributed by atoms with Gasteiger partial charge in [-0.25, -0.2) is 15.0 Å². The van der Waals surface area contributed by atoms with Crippen molar-refractivity contribution in [1.29, 1.82) is 0 Å². The highest BCUT2D eigenvalue weighted by Gasteiger charge is 2.07.